The molecule has 3 heterocycles. The van der Waals surface area contributed by atoms with Crippen LogP contribution in [0.4, 0.5) is 0 Å². The topological polar surface area (TPSA) is 121 Å². The number of carboxylic acid groups (broad SMARTS) is 1. The SMILES string of the molecule is C=C(C)c1cnn(Cc2c(-c3ccc(O[C@H]4CCC[C@H](C(=O)O)C4)c(C)n3)nnn2C)n1. The average Bonchev–Trinajstić information content (AvgIpc) is 3.37. The Morgan fingerprint density at radius 2 is 2.16 bits per heavy atom. The van der Waals surface area contributed by atoms with Crippen LogP contribution < -0.4 is 4.74 Å². The molecule has 0 unspecified atom stereocenters. The predicted molar refractivity (Wildman–Crippen MR) is 117 cm³/mol. The number of rotatable bonds is 7. The highest BCUT2D eigenvalue weighted by molar-refractivity contribution is 5.70. The number of ether oxygens (including phenoxy) is 1. The van der Waals surface area contributed by atoms with Crippen LogP contribution in [0.25, 0.3) is 17.0 Å². The van der Waals surface area contributed by atoms with Gasteiger partial charge in [-0.3, -0.25) is 4.79 Å². The van der Waals surface area contributed by atoms with Crippen molar-refractivity contribution in [3.05, 3.63) is 42.0 Å². The molecule has 3 aromatic rings. The van der Waals surface area contributed by atoms with Gasteiger partial charge in [0.05, 0.1) is 35.3 Å². The molecule has 1 fully saturated rings. The van der Waals surface area contributed by atoms with E-state index in [1.807, 2.05) is 33.0 Å². The van der Waals surface area contributed by atoms with E-state index in [1.165, 1.54) is 0 Å². The molecule has 0 radical (unpaired) electrons. The molecule has 32 heavy (non-hydrogen) atoms. The Balaban J connectivity index is 1.53. The van der Waals surface area contributed by atoms with Crippen LogP contribution in [0.1, 0.15) is 49.7 Å². The number of pyridine rings is 1. The number of aliphatic carboxylic acids is 1. The molecular weight excluding hydrogens is 410 g/mol. The van der Waals surface area contributed by atoms with Crippen molar-refractivity contribution in [2.24, 2.45) is 13.0 Å². The monoisotopic (exact) mass is 437 g/mol. The van der Waals surface area contributed by atoms with Gasteiger partial charge < -0.3 is 9.84 Å². The summed E-state index contributed by atoms with van der Waals surface area (Å²) >= 11 is 0. The molecule has 10 heteroatoms. The van der Waals surface area contributed by atoms with Crippen LogP contribution in [0.3, 0.4) is 0 Å². The Hall–Kier alpha value is -3.56. The van der Waals surface area contributed by atoms with Gasteiger partial charge in [0.1, 0.15) is 23.7 Å². The van der Waals surface area contributed by atoms with Crippen molar-refractivity contribution in [1.29, 1.82) is 0 Å². The van der Waals surface area contributed by atoms with E-state index in [-0.39, 0.29) is 12.0 Å². The molecule has 10 nitrogen and oxygen atoms in total. The second-order valence-electron chi connectivity index (χ2n) is 8.27. The summed E-state index contributed by atoms with van der Waals surface area (Å²) in [5.41, 5.74) is 4.46. The van der Waals surface area contributed by atoms with Crippen LogP contribution in [-0.4, -0.2) is 52.2 Å². The Morgan fingerprint density at radius 3 is 2.84 bits per heavy atom. The summed E-state index contributed by atoms with van der Waals surface area (Å²) in [4.78, 5) is 17.6. The van der Waals surface area contributed by atoms with E-state index in [2.05, 4.69) is 27.1 Å². The third-order valence-electron chi connectivity index (χ3n) is 5.76. The zero-order valence-corrected chi connectivity index (χ0v) is 18.5. The molecule has 1 aliphatic carbocycles. The Labute approximate surface area is 185 Å². The molecule has 0 aliphatic heterocycles. The minimum Gasteiger partial charge on any atom is -0.489 e. The molecule has 3 aromatic heterocycles. The van der Waals surface area contributed by atoms with Crippen LogP contribution in [0.15, 0.2) is 24.9 Å². The van der Waals surface area contributed by atoms with Gasteiger partial charge in [0.25, 0.3) is 0 Å². The molecule has 1 aliphatic rings. The van der Waals surface area contributed by atoms with E-state index in [0.717, 1.165) is 35.5 Å². The Bertz CT molecular complexity index is 1150. The maximum Gasteiger partial charge on any atom is 0.306 e. The normalized spacial score (nSPS) is 18.5. The van der Waals surface area contributed by atoms with E-state index >= 15 is 0 Å². The lowest BCUT2D eigenvalue weighted by molar-refractivity contribution is -0.143. The lowest BCUT2D eigenvalue weighted by Gasteiger charge is -2.27. The smallest absolute Gasteiger partial charge is 0.306 e. The fourth-order valence-corrected chi connectivity index (χ4v) is 3.92. The molecule has 2 atom stereocenters. The fourth-order valence-electron chi connectivity index (χ4n) is 3.92. The molecule has 0 amide bonds. The Kier molecular flexibility index (Phi) is 6.02. The number of hydrogen-bond donors (Lipinski definition) is 1. The van der Waals surface area contributed by atoms with Crippen molar-refractivity contribution >= 4 is 11.5 Å². The highest BCUT2D eigenvalue weighted by Gasteiger charge is 2.28. The summed E-state index contributed by atoms with van der Waals surface area (Å²) in [7, 11) is 1.82. The summed E-state index contributed by atoms with van der Waals surface area (Å²) in [6.45, 7) is 8.05. The van der Waals surface area contributed by atoms with Crippen LogP contribution in [0.5, 0.6) is 5.75 Å². The third-order valence-corrected chi connectivity index (χ3v) is 5.76. The molecule has 0 aromatic carbocycles. The third kappa shape index (κ3) is 4.53. The van der Waals surface area contributed by atoms with Crippen LogP contribution in [0.2, 0.25) is 0 Å². The molecule has 0 saturated heterocycles. The molecule has 1 saturated carbocycles. The van der Waals surface area contributed by atoms with Gasteiger partial charge in [0, 0.05) is 7.05 Å². The van der Waals surface area contributed by atoms with Crippen molar-refractivity contribution < 1.29 is 14.6 Å². The van der Waals surface area contributed by atoms with E-state index in [1.54, 1.807) is 15.7 Å². The summed E-state index contributed by atoms with van der Waals surface area (Å²) < 4.78 is 7.80. The highest BCUT2D eigenvalue weighted by atomic mass is 16.5. The lowest BCUT2D eigenvalue weighted by Crippen LogP contribution is -2.29. The molecule has 4 rings (SSSR count). The van der Waals surface area contributed by atoms with Gasteiger partial charge in [0.2, 0.25) is 0 Å². The maximum absolute atomic E-state index is 11.3. The maximum atomic E-state index is 11.3. The summed E-state index contributed by atoms with van der Waals surface area (Å²) in [5, 5.41) is 26.5. The number of hydrogen-bond acceptors (Lipinski definition) is 7. The summed E-state index contributed by atoms with van der Waals surface area (Å²) in [5.74, 6) is -0.430. The van der Waals surface area contributed by atoms with Crippen molar-refractivity contribution in [3.63, 3.8) is 0 Å². The van der Waals surface area contributed by atoms with Crippen molar-refractivity contribution in [1.82, 2.24) is 35.0 Å². The van der Waals surface area contributed by atoms with E-state index in [0.29, 0.717) is 36.5 Å². The van der Waals surface area contributed by atoms with Crippen molar-refractivity contribution in [2.45, 2.75) is 52.2 Å². The van der Waals surface area contributed by atoms with E-state index in [9.17, 15) is 9.90 Å². The second kappa shape index (κ2) is 8.89. The first kappa shape index (κ1) is 21.7. The predicted octanol–water partition coefficient (Wildman–Crippen LogP) is 2.88. The van der Waals surface area contributed by atoms with E-state index in [4.69, 9.17) is 9.72 Å². The first-order chi connectivity index (χ1) is 15.3. The van der Waals surface area contributed by atoms with Gasteiger partial charge in [-0.25, -0.2) is 9.67 Å². The molecular formula is C22H27N7O3. The van der Waals surface area contributed by atoms with E-state index < -0.39 is 5.97 Å². The lowest BCUT2D eigenvalue weighted by atomic mass is 9.87. The van der Waals surface area contributed by atoms with Crippen LogP contribution in [-0.2, 0) is 18.4 Å². The van der Waals surface area contributed by atoms with Crippen LogP contribution in [0, 0.1) is 12.8 Å². The molecule has 0 spiro atoms. The minimum absolute atomic E-state index is 0.114. The van der Waals surface area contributed by atoms with Gasteiger partial charge in [-0.15, -0.1) is 5.10 Å². The molecule has 168 valence electrons. The number of carbonyl (C=O) groups is 1. The first-order valence-corrected chi connectivity index (χ1v) is 10.6. The largest absolute Gasteiger partial charge is 0.489 e. The molecule has 0 bridgehead atoms. The van der Waals surface area contributed by atoms with Gasteiger partial charge in [0.15, 0.2) is 0 Å². The standard InChI is InChI=1S/C22H27N7O3/c1-13(2)18-11-23-29(26-18)12-19-21(25-27-28(19)4)17-8-9-20(14(3)24-17)32-16-7-5-6-15(10-16)22(30)31/h8-9,11,15-16H,1,5-7,10,12H2,2-4H3,(H,30,31)/t15-,16-/m0/s1. The van der Waals surface area contributed by atoms with Crippen molar-refractivity contribution in [2.75, 3.05) is 0 Å². The molecule has 1 N–H and O–H groups in total. The number of carboxylic acids is 1. The van der Waals surface area contributed by atoms with Crippen LogP contribution >= 0.6 is 0 Å². The fraction of sp³-hybridized carbons (Fsp3) is 0.455. The van der Waals surface area contributed by atoms with Crippen molar-refractivity contribution in [3.8, 4) is 17.1 Å². The second-order valence-corrected chi connectivity index (χ2v) is 8.27. The Morgan fingerprint density at radius 1 is 1.34 bits per heavy atom. The quantitative estimate of drug-likeness (QED) is 0.599. The average molecular weight is 438 g/mol. The van der Waals surface area contributed by atoms with Gasteiger partial charge >= 0.3 is 5.97 Å². The first-order valence-electron chi connectivity index (χ1n) is 10.6. The van der Waals surface area contributed by atoms with Gasteiger partial charge in [-0.05, 0) is 57.2 Å². The number of allylic oxidation sites excluding steroid dienone is 1. The number of nitrogens with zero attached hydrogens (tertiary/aromatic N) is 7. The highest BCUT2D eigenvalue weighted by Crippen LogP contribution is 2.30. The number of aryl methyl sites for hydroxylation is 2. The summed E-state index contributed by atoms with van der Waals surface area (Å²) in [6, 6.07) is 3.72. The number of aromatic nitrogens is 7. The minimum atomic E-state index is -0.749. The zero-order valence-electron chi connectivity index (χ0n) is 18.5. The van der Waals surface area contributed by atoms with Gasteiger partial charge in [-0.1, -0.05) is 11.8 Å². The zero-order chi connectivity index (χ0) is 22.8. The van der Waals surface area contributed by atoms with Gasteiger partial charge in [-0.2, -0.15) is 15.0 Å². The summed E-state index contributed by atoms with van der Waals surface area (Å²) in [6.07, 6.45) is 4.50.